The molecule has 0 aromatic carbocycles. The van der Waals surface area contributed by atoms with Crippen LogP contribution >= 0.6 is 23.2 Å². The molecule has 3 nitrogen and oxygen atoms in total. The van der Waals surface area contributed by atoms with Gasteiger partial charge in [0.25, 0.3) is 0 Å². The Morgan fingerprint density at radius 3 is 2.29 bits per heavy atom. The average molecular weight is 338 g/mol. The highest BCUT2D eigenvalue weighted by atomic mass is 35.5. The normalized spacial score (nSPS) is 12.2. The highest BCUT2D eigenvalue weighted by Gasteiger charge is 2.32. The Balaban J connectivity index is 2.56. The standard InChI is InChI=1S/C13H12Cl2F3N3/c1-6(2)10-7(3)20-21(11(10)15)12-9(14)4-8(5-19-12)13(16,17)18/h4-6H,1-3H3. The molecule has 0 bridgehead atoms. The molecular weight excluding hydrogens is 326 g/mol. The van der Waals surface area contributed by atoms with Crippen LogP contribution in [0.4, 0.5) is 13.2 Å². The second-order valence-corrected chi connectivity index (χ2v) is 5.65. The van der Waals surface area contributed by atoms with Crippen molar-refractivity contribution in [2.75, 3.05) is 0 Å². The van der Waals surface area contributed by atoms with Gasteiger partial charge in [0.15, 0.2) is 5.82 Å². The number of aromatic nitrogens is 3. The van der Waals surface area contributed by atoms with Crippen LogP contribution in [0.3, 0.4) is 0 Å². The van der Waals surface area contributed by atoms with Crippen LogP contribution in [-0.2, 0) is 6.18 Å². The Labute approximate surface area is 129 Å². The molecular formula is C13H12Cl2F3N3. The van der Waals surface area contributed by atoms with Crippen LogP contribution in [-0.4, -0.2) is 14.8 Å². The van der Waals surface area contributed by atoms with E-state index in [1.54, 1.807) is 6.92 Å². The Morgan fingerprint density at radius 2 is 1.86 bits per heavy atom. The Hall–Kier alpha value is -1.27. The van der Waals surface area contributed by atoms with Crippen LogP contribution in [0, 0.1) is 6.92 Å². The molecule has 0 radical (unpaired) electrons. The van der Waals surface area contributed by atoms with Gasteiger partial charge >= 0.3 is 6.18 Å². The van der Waals surface area contributed by atoms with Gasteiger partial charge in [0.1, 0.15) is 5.15 Å². The summed E-state index contributed by atoms with van der Waals surface area (Å²) in [4.78, 5) is 3.75. The zero-order valence-electron chi connectivity index (χ0n) is 11.5. The maximum atomic E-state index is 12.6. The van der Waals surface area contributed by atoms with Gasteiger partial charge in [0.2, 0.25) is 0 Å². The molecule has 0 aliphatic heterocycles. The summed E-state index contributed by atoms with van der Waals surface area (Å²) in [5.74, 6) is 0.198. The smallest absolute Gasteiger partial charge is 0.235 e. The number of halogens is 5. The van der Waals surface area contributed by atoms with Gasteiger partial charge in [-0.05, 0) is 18.9 Å². The summed E-state index contributed by atoms with van der Waals surface area (Å²) in [5.41, 5.74) is 0.586. The largest absolute Gasteiger partial charge is 0.417 e. The second-order valence-electron chi connectivity index (χ2n) is 4.88. The Kier molecular flexibility index (Phi) is 4.22. The van der Waals surface area contributed by atoms with E-state index in [0.29, 0.717) is 17.0 Å². The van der Waals surface area contributed by atoms with E-state index in [9.17, 15) is 13.2 Å². The van der Waals surface area contributed by atoms with Crippen molar-refractivity contribution in [3.8, 4) is 5.82 Å². The van der Waals surface area contributed by atoms with Crippen LogP contribution in [0.2, 0.25) is 10.2 Å². The molecule has 2 heterocycles. The number of aryl methyl sites for hydroxylation is 1. The monoisotopic (exact) mass is 337 g/mol. The van der Waals surface area contributed by atoms with Gasteiger partial charge in [-0.25, -0.2) is 9.67 Å². The lowest BCUT2D eigenvalue weighted by atomic mass is 10.1. The minimum Gasteiger partial charge on any atom is -0.235 e. The molecule has 2 rings (SSSR count). The third-order valence-corrected chi connectivity index (χ3v) is 3.62. The number of alkyl halides is 3. The number of hydrogen-bond acceptors (Lipinski definition) is 2. The third-order valence-electron chi connectivity index (χ3n) is 2.98. The summed E-state index contributed by atoms with van der Waals surface area (Å²) in [6.45, 7) is 5.67. The number of rotatable bonds is 2. The number of pyridine rings is 1. The van der Waals surface area contributed by atoms with E-state index in [0.717, 1.165) is 11.6 Å². The molecule has 0 N–H and O–H groups in total. The quantitative estimate of drug-likeness (QED) is 0.769. The first-order chi connectivity index (χ1) is 9.62. The van der Waals surface area contributed by atoms with Gasteiger partial charge in [-0.1, -0.05) is 37.0 Å². The molecule has 8 heteroatoms. The highest BCUT2D eigenvalue weighted by molar-refractivity contribution is 6.33. The number of nitrogens with zero attached hydrogens (tertiary/aromatic N) is 3. The molecule has 114 valence electrons. The maximum Gasteiger partial charge on any atom is 0.417 e. The fourth-order valence-electron chi connectivity index (χ4n) is 2.05. The predicted molar refractivity (Wildman–Crippen MR) is 75.2 cm³/mol. The summed E-state index contributed by atoms with van der Waals surface area (Å²) >= 11 is 12.1. The topological polar surface area (TPSA) is 30.7 Å². The molecule has 0 spiro atoms. The molecule has 0 saturated carbocycles. The van der Waals surface area contributed by atoms with Crippen LogP contribution < -0.4 is 0 Å². The van der Waals surface area contributed by atoms with Crippen LogP contribution in [0.25, 0.3) is 5.82 Å². The lowest BCUT2D eigenvalue weighted by Crippen LogP contribution is -2.08. The molecule has 0 atom stereocenters. The zero-order valence-corrected chi connectivity index (χ0v) is 13.0. The van der Waals surface area contributed by atoms with E-state index < -0.39 is 11.7 Å². The SMILES string of the molecule is Cc1nn(-c2ncc(C(F)(F)F)cc2Cl)c(Cl)c1C(C)C. The fraction of sp³-hybridized carbons (Fsp3) is 0.385. The first-order valence-electron chi connectivity index (χ1n) is 6.11. The van der Waals surface area contributed by atoms with Gasteiger partial charge in [-0.3, -0.25) is 0 Å². The minimum absolute atomic E-state index is 0.0738. The van der Waals surface area contributed by atoms with Gasteiger partial charge in [-0.2, -0.15) is 18.3 Å². The zero-order chi connectivity index (χ0) is 15.9. The van der Waals surface area contributed by atoms with Crippen molar-refractivity contribution in [2.24, 2.45) is 0 Å². The average Bonchev–Trinajstić information content (AvgIpc) is 2.63. The van der Waals surface area contributed by atoms with Crippen molar-refractivity contribution in [3.63, 3.8) is 0 Å². The van der Waals surface area contributed by atoms with Crippen molar-refractivity contribution in [1.82, 2.24) is 14.8 Å². The van der Waals surface area contributed by atoms with E-state index in [1.165, 1.54) is 4.68 Å². The van der Waals surface area contributed by atoms with E-state index in [2.05, 4.69) is 10.1 Å². The molecule has 0 fully saturated rings. The van der Waals surface area contributed by atoms with Crippen molar-refractivity contribution < 1.29 is 13.2 Å². The summed E-state index contributed by atoms with van der Waals surface area (Å²) in [6.07, 6.45) is -3.79. The Bertz CT molecular complexity index is 678. The second kappa shape index (κ2) is 5.50. The van der Waals surface area contributed by atoms with Crippen molar-refractivity contribution in [1.29, 1.82) is 0 Å². The molecule has 0 unspecified atom stereocenters. The van der Waals surface area contributed by atoms with E-state index >= 15 is 0 Å². The van der Waals surface area contributed by atoms with Gasteiger partial charge in [-0.15, -0.1) is 0 Å². The van der Waals surface area contributed by atoms with Crippen molar-refractivity contribution in [3.05, 3.63) is 39.3 Å². The number of hydrogen-bond donors (Lipinski definition) is 0. The first kappa shape index (κ1) is 16.1. The first-order valence-corrected chi connectivity index (χ1v) is 6.86. The van der Waals surface area contributed by atoms with E-state index in [-0.39, 0.29) is 16.8 Å². The minimum atomic E-state index is -4.50. The van der Waals surface area contributed by atoms with Gasteiger partial charge in [0.05, 0.1) is 16.3 Å². The summed E-state index contributed by atoms with van der Waals surface area (Å²) < 4.78 is 39.1. The summed E-state index contributed by atoms with van der Waals surface area (Å²) in [5, 5.41) is 4.35. The lowest BCUT2D eigenvalue weighted by molar-refractivity contribution is -0.137. The molecule has 0 aliphatic carbocycles. The fourth-order valence-corrected chi connectivity index (χ4v) is 2.77. The molecule has 2 aromatic rings. The van der Waals surface area contributed by atoms with Crippen molar-refractivity contribution in [2.45, 2.75) is 32.9 Å². The lowest BCUT2D eigenvalue weighted by Gasteiger charge is -2.10. The third kappa shape index (κ3) is 3.01. The van der Waals surface area contributed by atoms with Gasteiger partial charge < -0.3 is 0 Å². The maximum absolute atomic E-state index is 12.6. The Morgan fingerprint density at radius 1 is 1.24 bits per heavy atom. The van der Waals surface area contributed by atoms with E-state index in [1.807, 2.05) is 13.8 Å². The van der Waals surface area contributed by atoms with Crippen LogP contribution in [0.15, 0.2) is 12.3 Å². The van der Waals surface area contributed by atoms with Crippen molar-refractivity contribution >= 4 is 23.2 Å². The van der Waals surface area contributed by atoms with Crippen LogP contribution in [0.5, 0.6) is 0 Å². The molecule has 2 aromatic heterocycles. The molecule has 21 heavy (non-hydrogen) atoms. The predicted octanol–water partition coefficient (Wildman–Crippen LogP) is 5.02. The molecule has 0 saturated heterocycles. The van der Waals surface area contributed by atoms with Crippen LogP contribution in [0.1, 0.15) is 36.6 Å². The van der Waals surface area contributed by atoms with Gasteiger partial charge in [0, 0.05) is 11.8 Å². The summed E-state index contributed by atoms with van der Waals surface area (Å²) in [6, 6.07) is 0.812. The summed E-state index contributed by atoms with van der Waals surface area (Å²) in [7, 11) is 0. The van der Waals surface area contributed by atoms with E-state index in [4.69, 9.17) is 23.2 Å². The molecule has 0 amide bonds. The highest BCUT2D eigenvalue weighted by Crippen LogP contribution is 2.34. The molecule has 0 aliphatic rings.